The van der Waals surface area contributed by atoms with Crippen molar-refractivity contribution in [2.75, 3.05) is 13.7 Å². The van der Waals surface area contributed by atoms with Crippen LogP contribution in [-0.4, -0.2) is 19.6 Å². The average molecular weight is 143 g/mol. The maximum absolute atomic E-state index is 10.7. The lowest BCUT2D eigenvalue weighted by atomic mass is 10.2. The summed E-state index contributed by atoms with van der Waals surface area (Å²) in [6, 6.07) is 0. The van der Waals surface area contributed by atoms with Crippen LogP contribution in [0.2, 0.25) is 0 Å². The third kappa shape index (κ3) is 3.25. The van der Waals surface area contributed by atoms with E-state index in [0.29, 0.717) is 12.1 Å². The summed E-state index contributed by atoms with van der Waals surface area (Å²) < 4.78 is 4.46. The molecule has 0 aliphatic rings. The van der Waals surface area contributed by atoms with Crippen molar-refractivity contribution in [2.24, 2.45) is 5.73 Å². The molecule has 0 radical (unpaired) electrons. The van der Waals surface area contributed by atoms with Crippen LogP contribution in [0.1, 0.15) is 13.3 Å². The molecule has 0 fully saturated rings. The van der Waals surface area contributed by atoms with Crippen LogP contribution < -0.4 is 5.73 Å². The van der Waals surface area contributed by atoms with Gasteiger partial charge in [0.15, 0.2) is 0 Å². The molecular weight excluding hydrogens is 130 g/mol. The van der Waals surface area contributed by atoms with E-state index in [1.165, 1.54) is 7.11 Å². The Kier molecular flexibility index (Phi) is 4.58. The van der Waals surface area contributed by atoms with Gasteiger partial charge >= 0.3 is 5.97 Å². The van der Waals surface area contributed by atoms with Gasteiger partial charge in [-0.15, -0.1) is 0 Å². The average Bonchev–Trinajstić information content (AvgIpc) is 1.98. The molecule has 3 nitrogen and oxygen atoms in total. The van der Waals surface area contributed by atoms with Crippen LogP contribution in [0.25, 0.3) is 0 Å². The van der Waals surface area contributed by atoms with Crippen LogP contribution >= 0.6 is 0 Å². The van der Waals surface area contributed by atoms with Gasteiger partial charge in [-0.25, -0.2) is 4.79 Å². The van der Waals surface area contributed by atoms with E-state index in [4.69, 9.17) is 5.73 Å². The molecule has 0 aromatic carbocycles. The van der Waals surface area contributed by atoms with E-state index in [1.54, 1.807) is 13.0 Å². The van der Waals surface area contributed by atoms with Crippen molar-refractivity contribution < 1.29 is 9.53 Å². The van der Waals surface area contributed by atoms with Crippen LogP contribution in [-0.2, 0) is 9.53 Å². The van der Waals surface area contributed by atoms with Gasteiger partial charge < -0.3 is 10.5 Å². The largest absolute Gasteiger partial charge is 0.466 e. The van der Waals surface area contributed by atoms with Gasteiger partial charge in [0, 0.05) is 5.57 Å². The Hall–Kier alpha value is -0.830. The molecule has 3 heteroatoms. The van der Waals surface area contributed by atoms with Crippen molar-refractivity contribution in [3.63, 3.8) is 0 Å². The third-order valence-electron chi connectivity index (χ3n) is 1.12. The molecule has 2 N–H and O–H groups in total. The van der Waals surface area contributed by atoms with Gasteiger partial charge in [-0.1, -0.05) is 6.08 Å². The molecule has 0 aliphatic heterocycles. The smallest absolute Gasteiger partial charge is 0.333 e. The fourth-order valence-electron chi connectivity index (χ4n) is 0.544. The van der Waals surface area contributed by atoms with E-state index in [9.17, 15) is 4.79 Å². The second-order valence-electron chi connectivity index (χ2n) is 1.96. The number of hydrogen-bond acceptors (Lipinski definition) is 3. The van der Waals surface area contributed by atoms with Crippen LogP contribution in [0.15, 0.2) is 11.6 Å². The van der Waals surface area contributed by atoms with Gasteiger partial charge in [0.05, 0.1) is 7.11 Å². The number of nitrogens with two attached hydrogens (primary N) is 1. The lowest BCUT2D eigenvalue weighted by Crippen LogP contribution is -2.03. The van der Waals surface area contributed by atoms with Gasteiger partial charge in [0.25, 0.3) is 0 Å². The minimum Gasteiger partial charge on any atom is -0.466 e. The first-order valence-corrected chi connectivity index (χ1v) is 3.17. The molecule has 0 amide bonds. The van der Waals surface area contributed by atoms with E-state index < -0.39 is 0 Å². The number of esters is 1. The highest BCUT2D eigenvalue weighted by molar-refractivity contribution is 5.87. The number of methoxy groups -OCH3 is 1. The molecule has 0 rings (SSSR count). The molecule has 0 aromatic rings. The highest BCUT2D eigenvalue weighted by Gasteiger charge is 1.99. The summed E-state index contributed by atoms with van der Waals surface area (Å²) in [4.78, 5) is 10.7. The Morgan fingerprint density at radius 2 is 2.30 bits per heavy atom. The molecule has 58 valence electrons. The molecule has 0 unspecified atom stereocenters. The van der Waals surface area contributed by atoms with Crippen LogP contribution in [0.4, 0.5) is 0 Å². The molecule has 0 spiro atoms. The van der Waals surface area contributed by atoms with Crippen molar-refractivity contribution >= 4 is 5.97 Å². The summed E-state index contributed by atoms with van der Waals surface area (Å²) in [7, 11) is 1.36. The summed E-state index contributed by atoms with van der Waals surface area (Å²) in [6.07, 6.45) is 2.49. The monoisotopic (exact) mass is 143 g/mol. The Morgan fingerprint density at radius 1 is 1.70 bits per heavy atom. The summed E-state index contributed by atoms with van der Waals surface area (Å²) >= 11 is 0. The Morgan fingerprint density at radius 3 is 2.70 bits per heavy atom. The van der Waals surface area contributed by atoms with Gasteiger partial charge in [-0.2, -0.15) is 0 Å². The Bertz CT molecular complexity index is 141. The fraction of sp³-hybridized carbons (Fsp3) is 0.571. The topological polar surface area (TPSA) is 52.3 Å². The molecule has 0 aliphatic carbocycles. The SMILES string of the molecule is COC(=O)/C(C)=C/CCN. The maximum Gasteiger partial charge on any atom is 0.333 e. The zero-order valence-corrected chi connectivity index (χ0v) is 6.39. The summed E-state index contributed by atoms with van der Waals surface area (Å²) in [6.45, 7) is 2.27. The van der Waals surface area contributed by atoms with Crippen molar-refractivity contribution in [1.82, 2.24) is 0 Å². The van der Waals surface area contributed by atoms with E-state index in [2.05, 4.69) is 4.74 Å². The number of carbonyl (C=O) groups is 1. The predicted molar refractivity (Wildman–Crippen MR) is 39.4 cm³/mol. The quantitative estimate of drug-likeness (QED) is 0.461. The predicted octanol–water partition coefficient (Wildman–Crippen LogP) is 0.455. The first-order chi connectivity index (χ1) is 4.72. The second-order valence-corrected chi connectivity index (χ2v) is 1.96. The Labute approximate surface area is 60.9 Å². The fourth-order valence-corrected chi connectivity index (χ4v) is 0.544. The second kappa shape index (κ2) is 4.99. The maximum atomic E-state index is 10.7. The van der Waals surface area contributed by atoms with Crippen LogP contribution in [0.5, 0.6) is 0 Å². The highest BCUT2D eigenvalue weighted by atomic mass is 16.5. The van der Waals surface area contributed by atoms with Gasteiger partial charge in [-0.3, -0.25) is 0 Å². The first kappa shape index (κ1) is 9.17. The van der Waals surface area contributed by atoms with E-state index in [-0.39, 0.29) is 5.97 Å². The normalized spacial score (nSPS) is 11.3. The van der Waals surface area contributed by atoms with E-state index in [1.807, 2.05) is 0 Å². The van der Waals surface area contributed by atoms with Crippen LogP contribution in [0.3, 0.4) is 0 Å². The minimum atomic E-state index is -0.284. The van der Waals surface area contributed by atoms with Gasteiger partial charge in [0.1, 0.15) is 0 Å². The van der Waals surface area contributed by atoms with E-state index >= 15 is 0 Å². The lowest BCUT2D eigenvalue weighted by molar-refractivity contribution is -0.136. The van der Waals surface area contributed by atoms with Gasteiger partial charge in [-0.05, 0) is 19.9 Å². The molecule has 0 saturated carbocycles. The minimum absolute atomic E-state index is 0.284. The van der Waals surface area contributed by atoms with Crippen molar-refractivity contribution in [2.45, 2.75) is 13.3 Å². The zero-order chi connectivity index (χ0) is 7.98. The number of hydrogen-bond donors (Lipinski definition) is 1. The molecular formula is C7H13NO2. The number of rotatable bonds is 3. The number of ether oxygens (including phenoxy) is 1. The molecule has 0 saturated heterocycles. The summed E-state index contributed by atoms with van der Waals surface area (Å²) in [5.74, 6) is -0.284. The number of carbonyl (C=O) groups excluding carboxylic acids is 1. The third-order valence-corrected chi connectivity index (χ3v) is 1.12. The molecule has 0 atom stereocenters. The molecule has 10 heavy (non-hydrogen) atoms. The van der Waals surface area contributed by atoms with Crippen LogP contribution in [0, 0.1) is 0 Å². The van der Waals surface area contributed by atoms with E-state index in [0.717, 1.165) is 6.42 Å². The van der Waals surface area contributed by atoms with Crippen molar-refractivity contribution in [3.05, 3.63) is 11.6 Å². The summed E-state index contributed by atoms with van der Waals surface area (Å²) in [5.41, 5.74) is 5.84. The van der Waals surface area contributed by atoms with Crippen molar-refractivity contribution in [1.29, 1.82) is 0 Å². The molecule has 0 aromatic heterocycles. The standard InChI is InChI=1S/C7H13NO2/c1-6(4-3-5-8)7(9)10-2/h4H,3,5,8H2,1-2H3/b6-4+. The lowest BCUT2D eigenvalue weighted by Gasteiger charge is -1.96. The molecule has 0 bridgehead atoms. The highest BCUT2D eigenvalue weighted by Crippen LogP contribution is 1.96. The zero-order valence-electron chi connectivity index (χ0n) is 6.39. The van der Waals surface area contributed by atoms with Gasteiger partial charge in [0.2, 0.25) is 0 Å². The summed E-state index contributed by atoms with van der Waals surface area (Å²) in [5, 5.41) is 0. The molecule has 0 heterocycles. The van der Waals surface area contributed by atoms with Crippen molar-refractivity contribution in [3.8, 4) is 0 Å². The Balaban J connectivity index is 3.80. The first-order valence-electron chi connectivity index (χ1n) is 3.17.